The first kappa shape index (κ1) is 21.3. The monoisotopic (exact) mass is 486 g/mol. The maximum Gasteiger partial charge on any atom is 0.101 e. The van der Waals surface area contributed by atoms with Crippen LogP contribution in [0.2, 0.25) is 0 Å². The molecule has 4 saturated heterocycles. The third-order valence-electron chi connectivity index (χ3n) is 7.82. The summed E-state index contributed by atoms with van der Waals surface area (Å²) < 4.78 is 11.2. The Balaban J connectivity index is 1.34. The number of rotatable bonds is 4. The summed E-state index contributed by atoms with van der Waals surface area (Å²) in [6, 6.07) is 33.2. The van der Waals surface area contributed by atoms with E-state index in [1.165, 1.54) is 50.1 Å². The molecule has 0 aliphatic carbocycles. The van der Waals surface area contributed by atoms with E-state index >= 15 is 0 Å². The zero-order valence-electron chi connectivity index (χ0n) is 19.6. The summed E-state index contributed by atoms with van der Waals surface area (Å²) in [5, 5.41) is 3.18. The van der Waals surface area contributed by atoms with Crippen LogP contribution in [-0.4, -0.2) is 47.6 Å². The largest absolute Gasteiger partial charge is 0.333 e. The Labute approximate surface area is 205 Å². The van der Waals surface area contributed by atoms with Gasteiger partial charge in [-0.3, -0.25) is 9.34 Å². The van der Waals surface area contributed by atoms with Gasteiger partial charge < -0.3 is 9.34 Å². The van der Waals surface area contributed by atoms with Crippen LogP contribution in [0.5, 0.6) is 0 Å². The van der Waals surface area contributed by atoms with E-state index in [0.29, 0.717) is 12.1 Å². The maximum absolute atomic E-state index is 2.86. The van der Waals surface area contributed by atoms with Crippen molar-refractivity contribution < 1.29 is 0 Å². The Morgan fingerprint density at radius 3 is 1.38 bits per heavy atom. The highest BCUT2D eigenvalue weighted by molar-refractivity contribution is 7.71. The Kier molecular flexibility index (Phi) is 5.60. The third-order valence-corrected chi connectivity index (χ3v) is 13.4. The number of hydrogen-bond acceptors (Lipinski definition) is 4. The average Bonchev–Trinajstić information content (AvgIpc) is 3.66. The van der Waals surface area contributed by atoms with Crippen molar-refractivity contribution in [2.45, 2.75) is 37.8 Å². The second kappa shape index (κ2) is 8.92. The van der Waals surface area contributed by atoms with Gasteiger partial charge in [-0.25, -0.2) is 0 Å². The molecule has 4 atom stereocenters. The second-order valence-electron chi connectivity index (χ2n) is 9.82. The van der Waals surface area contributed by atoms with E-state index in [9.17, 15) is 0 Å². The molecule has 0 saturated carbocycles. The Hall–Kier alpha value is -1.96. The highest BCUT2D eigenvalue weighted by atomic mass is 31.1. The van der Waals surface area contributed by atoms with Gasteiger partial charge in [-0.15, -0.1) is 0 Å². The van der Waals surface area contributed by atoms with Gasteiger partial charge in [-0.05, 0) is 49.9 Å². The molecule has 7 rings (SSSR count). The summed E-state index contributed by atoms with van der Waals surface area (Å²) in [7, 11) is -1.07. The zero-order valence-corrected chi connectivity index (χ0v) is 21.4. The number of nitrogens with zero attached hydrogens (tertiary/aromatic N) is 4. The van der Waals surface area contributed by atoms with Crippen molar-refractivity contribution >= 4 is 38.4 Å². The molecule has 4 aliphatic heterocycles. The highest BCUT2D eigenvalue weighted by Crippen LogP contribution is 2.59. The highest BCUT2D eigenvalue weighted by Gasteiger charge is 2.48. The molecule has 4 nitrogen and oxygen atoms in total. The Bertz CT molecular complexity index is 1050. The van der Waals surface area contributed by atoms with Crippen LogP contribution in [0.1, 0.15) is 25.7 Å². The van der Waals surface area contributed by atoms with E-state index in [-0.39, 0.29) is 0 Å². The van der Waals surface area contributed by atoms with Crippen molar-refractivity contribution in [1.29, 1.82) is 0 Å². The van der Waals surface area contributed by atoms with E-state index in [4.69, 9.17) is 0 Å². The lowest BCUT2D eigenvalue weighted by atomic mass is 10.2. The molecule has 4 aliphatic rings. The van der Waals surface area contributed by atoms with Crippen LogP contribution in [0.3, 0.4) is 0 Å². The fourth-order valence-corrected chi connectivity index (χ4v) is 12.5. The van der Waals surface area contributed by atoms with Gasteiger partial charge in [0.05, 0.1) is 0 Å². The molecule has 3 aromatic rings. The third kappa shape index (κ3) is 3.50. The molecular formula is C28H32N4P2. The van der Waals surface area contributed by atoms with Crippen LogP contribution in [0.25, 0.3) is 0 Å². The summed E-state index contributed by atoms with van der Waals surface area (Å²) in [4.78, 5) is 0. The van der Waals surface area contributed by atoms with Gasteiger partial charge in [0.15, 0.2) is 0 Å². The van der Waals surface area contributed by atoms with Crippen LogP contribution in [0.15, 0.2) is 84.9 Å². The smallest absolute Gasteiger partial charge is 0.101 e. The van der Waals surface area contributed by atoms with Crippen molar-refractivity contribution in [1.82, 2.24) is 9.34 Å². The number of hydrogen-bond donors (Lipinski definition) is 0. The van der Waals surface area contributed by atoms with E-state index in [2.05, 4.69) is 104 Å². The molecule has 0 aromatic heterocycles. The van der Waals surface area contributed by atoms with E-state index in [0.717, 1.165) is 13.1 Å². The van der Waals surface area contributed by atoms with Crippen molar-refractivity contribution in [2.75, 3.05) is 35.5 Å². The topological polar surface area (TPSA) is 13.0 Å². The lowest BCUT2D eigenvalue weighted by Crippen LogP contribution is -2.36. The number of para-hydroxylation sites is 2. The van der Waals surface area contributed by atoms with Gasteiger partial charge >= 0.3 is 0 Å². The van der Waals surface area contributed by atoms with Gasteiger partial charge in [0.25, 0.3) is 0 Å². The van der Waals surface area contributed by atoms with Crippen molar-refractivity contribution in [3.8, 4) is 0 Å². The standard InChI is InChI=1S/C28H32N4P2/c1-3-11-23(12-4-1)31-21-25-15-9-19-29(25)33(31)27-17-7-8-18-28(27)34-30-20-10-16-26(30)22-32(34)24-13-5-2-6-14-24/h1-8,11-14,17-18,25-26H,9-10,15-16,19-22H2/t25-,26-,33+,34+/m0/s1. The molecule has 4 fully saturated rings. The molecule has 0 spiro atoms. The van der Waals surface area contributed by atoms with Crippen LogP contribution >= 0.6 is 16.4 Å². The fourth-order valence-electron chi connectivity index (χ4n) is 6.31. The van der Waals surface area contributed by atoms with Crippen LogP contribution in [-0.2, 0) is 0 Å². The molecular weight excluding hydrogens is 454 g/mol. The molecule has 174 valence electrons. The van der Waals surface area contributed by atoms with E-state index < -0.39 is 16.4 Å². The SMILES string of the molecule is c1ccc(N2C[C@@H]3CCCN3[P@@]2c2ccccc2[P@@]2N(c3ccccc3)C[C@@H]3CCCN32)cc1. The Morgan fingerprint density at radius 1 is 0.529 bits per heavy atom. The first-order valence-corrected chi connectivity index (χ1v) is 15.3. The minimum absolute atomic E-state index is 0.534. The molecule has 34 heavy (non-hydrogen) atoms. The van der Waals surface area contributed by atoms with Gasteiger partial charge in [-0.2, -0.15) is 0 Å². The lowest BCUT2D eigenvalue weighted by Gasteiger charge is -2.36. The van der Waals surface area contributed by atoms with Crippen molar-refractivity contribution in [2.24, 2.45) is 0 Å². The maximum atomic E-state index is 2.86. The van der Waals surface area contributed by atoms with Gasteiger partial charge in [-0.1, -0.05) is 60.7 Å². The minimum atomic E-state index is -0.534. The minimum Gasteiger partial charge on any atom is -0.333 e. The summed E-state index contributed by atoms with van der Waals surface area (Å²) in [6.07, 6.45) is 5.35. The molecule has 3 aromatic carbocycles. The van der Waals surface area contributed by atoms with Gasteiger partial charge in [0, 0.05) is 60.2 Å². The molecule has 0 amide bonds. The van der Waals surface area contributed by atoms with Gasteiger partial charge in [0.1, 0.15) is 16.4 Å². The normalized spacial score (nSPS) is 29.1. The van der Waals surface area contributed by atoms with E-state index in [1.54, 1.807) is 10.6 Å². The predicted molar refractivity (Wildman–Crippen MR) is 147 cm³/mol. The predicted octanol–water partition coefficient (Wildman–Crippen LogP) is 5.53. The zero-order chi connectivity index (χ0) is 22.5. The molecule has 0 unspecified atom stereocenters. The quantitative estimate of drug-likeness (QED) is 0.450. The van der Waals surface area contributed by atoms with Crippen molar-refractivity contribution in [3.63, 3.8) is 0 Å². The molecule has 0 radical (unpaired) electrons. The number of benzene rings is 3. The van der Waals surface area contributed by atoms with Gasteiger partial charge in [0.2, 0.25) is 0 Å². The molecule has 6 heteroatoms. The Morgan fingerprint density at radius 2 is 0.941 bits per heavy atom. The summed E-state index contributed by atoms with van der Waals surface area (Å²) >= 11 is 0. The van der Waals surface area contributed by atoms with Crippen LogP contribution in [0.4, 0.5) is 11.4 Å². The number of fused-ring (bicyclic) bond motifs is 2. The van der Waals surface area contributed by atoms with Crippen molar-refractivity contribution in [3.05, 3.63) is 84.9 Å². The molecule has 0 bridgehead atoms. The summed E-state index contributed by atoms with van der Waals surface area (Å²) in [5.74, 6) is 0. The lowest BCUT2D eigenvalue weighted by molar-refractivity contribution is 0.467. The number of anilines is 2. The first-order chi connectivity index (χ1) is 16.9. The van der Waals surface area contributed by atoms with E-state index in [1.807, 2.05) is 0 Å². The fraction of sp³-hybridized carbons (Fsp3) is 0.357. The van der Waals surface area contributed by atoms with Crippen LogP contribution < -0.4 is 19.9 Å². The summed E-state index contributed by atoms with van der Waals surface area (Å²) in [5.41, 5.74) is 2.77. The molecule has 4 heterocycles. The second-order valence-corrected chi connectivity index (χ2v) is 13.9. The first-order valence-electron chi connectivity index (χ1n) is 12.8. The van der Waals surface area contributed by atoms with Crippen LogP contribution in [0, 0.1) is 0 Å². The summed E-state index contributed by atoms with van der Waals surface area (Å²) in [6.45, 7) is 4.80. The molecule has 0 N–H and O–H groups in total. The average molecular weight is 487 g/mol.